The lowest BCUT2D eigenvalue weighted by Gasteiger charge is -2.33. The third-order valence-electron chi connectivity index (χ3n) is 4.35. The van der Waals surface area contributed by atoms with E-state index in [2.05, 4.69) is 32.1 Å². The monoisotopic (exact) mass is 325 g/mol. The molecule has 0 unspecified atom stereocenters. The second kappa shape index (κ2) is 6.97. The fourth-order valence-electron chi connectivity index (χ4n) is 2.74. The predicted molar refractivity (Wildman–Crippen MR) is 95.6 cm³/mol. The molecule has 1 aromatic heterocycles. The Morgan fingerprint density at radius 3 is 2.58 bits per heavy atom. The first kappa shape index (κ1) is 16.4. The van der Waals surface area contributed by atoms with Gasteiger partial charge in [0.05, 0.1) is 0 Å². The topological polar surface area (TPSA) is 61.4 Å². The SMILES string of the molecule is Cc1ccc(C)c(NC(=O)c2cc(N3CCN(C)CC3)ncn2)c1. The average Bonchev–Trinajstić information content (AvgIpc) is 2.59. The molecule has 126 valence electrons. The third kappa shape index (κ3) is 3.71. The van der Waals surface area contributed by atoms with Crippen molar-refractivity contribution >= 4 is 17.4 Å². The average molecular weight is 325 g/mol. The maximum absolute atomic E-state index is 12.5. The smallest absolute Gasteiger partial charge is 0.274 e. The van der Waals surface area contributed by atoms with Gasteiger partial charge in [-0.25, -0.2) is 9.97 Å². The van der Waals surface area contributed by atoms with Gasteiger partial charge in [-0.1, -0.05) is 12.1 Å². The second-order valence-corrected chi connectivity index (χ2v) is 6.32. The van der Waals surface area contributed by atoms with Gasteiger partial charge in [-0.05, 0) is 38.1 Å². The molecule has 0 saturated carbocycles. The Morgan fingerprint density at radius 2 is 1.83 bits per heavy atom. The first-order valence-corrected chi connectivity index (χ1v) is 8.17. The van der Waals surface area contributed by atoms with Crippen LogP contribution >= 0.6 is 0 Å². The van der Waals surface area contributed by atoms with Gasteiger partial charge < -0.3 is 15.1 Å². The highest BCUT2D eigenvalue weighted by Gasteiger charge is 2.17. The zero-order valence-electron chi connectivity index (χ0n) is 14.4. The zero-order chi connectivity index (χ0) is 17.1. The number of nitrogens with zero attached hydrogens (tertiary/aromatic N) is 4. The number of piperazine rings is 1. The molecule has 0 atom stereocenters. The summed E-state index contributed by atoms with van der Waals surface area (Å²) in [7, 11) is 2.11. The Labute approximate surface area is 142 Å². The van der Waals surface area contributed by atoms with Crippen molar-refractivity contribution in [2.45, 2.75) is 13.8 Å². The van der Waals surface area contributed by atoms with Crippen LogP contribution in [0.15, 0.2) is 30.6 Å². The zero-order valence-corrected chi connectivity index (χ0v) is 14.4. The number of hydrogen-bond donors (Lipinski definition) is 1. The van der Waals surface area contributed by atoms with Gasteiger partial charge in [0.25, 0.3) is 5.91 Å². The number of anilines is 2. The summed E-state index contributed by atoms with van der Waals surface area (Å²) in [6.45, 7) is 7.79. The van der Waals surface area contributed by atoms with Crippen LogP contribution in [0.1, 0.15) is 21.6 Å². The summed E-state index contributed by atoms with van der Waals surface area (Å²) in [5.41, 5.74) is 3.35. The molecule has 1 fully saturated rings. The molecule has 0 bridgehead atoms. The van der Waals surface area contributed by atoms with E-state index in [1.807, 2.05) is 32.0 Å². The maximum Gasteiger partial charge on any atom is 0.274 e. The van der Waals surface area contributed by atoms with Gasteiger partial charge in [-0.3, -0.25) is 4.79 Å². The summed E-state index contributed by atoms with van der Waals surface area (Å²) >= 11 is 0. The lowest BCUT2D eigenvalue weighted by Crippen LogP contribution is -2.44. The lowest BCUT2D eigenvalue weighted by atomic mass is 10.1. The molecular formula is C18H23N5O. The molecule has 24 heavy (non-hydrogen) atoms. The highest BCUT2D eigenvalue weighted by molar-refractivity contribution is 6.03. The van der Waals surface area contributed by atoms with Crippen LogP contribution in [0, 0.1) is 13.8 Å². The van der Waals surface area contributed by atoms with Crippen LogP contribution in [0.25, 0.3) is 0 Å². The molecule has 1 aliphatic rings. The summed E-state index contributed by atoms with van der Waals surface area (Å²) in [6, 6.07) is 7.77. The van der Waals surface area contributed by atoms with E-state index in [9.17, 15) is 4.79 Å². The fourth-order valence-corrected chi connectivity index (χ4v) is 2.74. The maximum atomic E-state index is 12.5. The van der Waals surface area contributed by atoms with Crippen molar-refractivity contribution in [2.24, 2.45) is 0 Å². The summed E-state index contributed by atoms with van der Waals surface area (Å²) in [6.07, 6.45) is 1.46. The molecule has 1 amide bonds. The van der Waals surface area contributed by atoms with Gasteiger partial charge in [0.1, 0.15) is 17.8 Å². The summed E-state index contributed by atoms with van der Waals surface area (Å²) in [4.78, 5) is 25.5. The van der Waals surface area contributed by atoms with Crippen LogP contribution in [-0.4, -0.2) is 54.0 Å². The van der Waals surface area contributed by atoms with Gasteiger partial charge in [0.15, 0.2) is 0 Å². The van der Waals surface area contributed by atoms with E-state index in [1.165, 1.54) is 6.33 Å². The number of amides is 1. The summed E-state index contributed by atoms with van der Waals surface area (Å²) in [5, 5.41) is 2.95. The van der Waals surface area contributed by atoms with Crippen LogP contribution in [0.2, 0.25) is 0 Å². The molecule has 0 spiro atoms. The minimum atomic E-state index is -0.207. The minimum absolute atomic E-state index is 0.207. The van der Waals surface area contributed by atoms with E-state index in [4.69, 9.17) is 0 Å². The number of likely N-dealkylation sites (N-methyl/N-ethyl adjacent to an activating group) is 1. The first-order valence-electron chi connectivity index (χ1n) is 8.17. The van der Waals surface area contributed by atoms with Crippen molar-refractivity contribution in [3.05, 3.63) is 47.4 Å². The van der Waals surface area contributed by atoms with E-state index in [1.54, 1.807) is 6.07 Å². The van der Waals surface area contributed by atoms with Gasteiger partial charge in [0, 0.05) is 37.9 Å². The summed E-state index contributed by atoms with van der Waals surface area (Å²) < 4.78 is 0. The highest BCUT2D eigenvalue weighted by Crippen LogP contribution is 2.18. The number of hydrogen-bond acceptors (Lipinski definition) is 5. The van der Waals surface area contributed by atoms with Crippen LogP contribution in [-0.2, 0) is 0 Å². The molecule has 1 aromatic carbocycles. The molecule has 1 N–H and O–H groups in total. The molecule has 0 aliphatic carbocycles. The van der Waals surface area contributed by atoms with Crippen LogP contribution in [0.4, 0.5) is 11.5 Å². The number of benzene rings is 1. The van der Waals surface area contributed by atoms with E-state index < -0.39 is 0 Å². The Hall–Kier alpha value is -2.47. The lowest BCUT2D eigenvalue weighted by molar-refractivity contribution is 0.102. The first-order chi connectivity index (χ1) is 11.5. The van der Waals surface area contributed by atoms with Crippen LogP contribution in [0.3, 0.4) is 0 Å². The van der Waals surface area contributed by atoms with E-state index in [0.717, 1.165) is 48.8 Å². The third-order valence-corrected chi connectivity index (χ3v) is 4.35. The molecule has 3 rings (SSSR count). The van der Waals surface area contributed by atoms with E-state index >= 15 is 0 Å². The van der Waals surface area contributed by atoms with Gasteiger partial charge in [-0.15, -0.1) is 0 Å². The predicted octanol–water partition coefficient (Wildman–Crippen LogP) is 2.10. The van der Waals surface area contributed by atoms with Crippen molar-refractivity contribution < 1.29 is 4.79 Å². The van der Waals surface area contributed by atoms with Crippen LogP contribution in [0.5, 0.6) is 0 Å². The second-order valence-electron chi connectivity index (χ2n) is 6.32. The number of nitrogens with one attached hydrogen (secondary N) is 1. The molecule has 2 heterocycles. The fraction of sp³-hybridized carbons (Fsp3) is 0.389. The number of aryl methyl sites for hydroxylation is 2. The molecule has 0 radical (unpaired) electrons. The molecule has 1 saturated heterocycles. The van der Waals surface area contributed by atoms with E-state index in [-0.39, 0.29) is 5.91 Å². The van der Waals surface area contributed by atoms with Crippen molar-refractivity contribution in [3.63, 3.8) is 0 Å². The Balaban J connectivity index is 1.76. The normalized spacial score (nSPS) is 15.4. The molecule has 1 aliphatic heterocycles. The number of carbonyl (C=O) groups is 1. The van der Waals surface area contributed by atoms with Gasteiger partial charge >= 0.3 is 0 Å². The highest BCUT2D eigenvalue weighted by atomic mass is 16.1. The number of aromatic nitrogens is 2. The minimum Gasteiger partial charge on any atom is -0.354 e. The van der Waals surface area contributed by atoms with E-state index in [0.29, 0.717) is 5.69 Å². The standard InChI is InChI=1S/C18H23N5O/c1-13-4-5-14(2)15(10-13)21-18(24)16-11-17(20-12-19-16)23-8-6-22(3)7-9-23/h4-5,10-12H,6-9H2,1-3H3,(H,21,24). The van der Waals surface area contributed by atoms with Gasteiger partial charge in [0.2, 0.25) is 0 Å². The number of rotatable bonds is 3. The van der Waals surface area contributed by atoms with Crippen LogP contribution < -0.4 is 10.2 Å². The largest absolute Gasteiger partial charge is 0.354 e. The Bertz CT molecular complexity index is 738. The molecule has 6 heteroatoms. The van der Waals surface area contributed by atoms with Crippen molar-refractivity contribution in [2.75, 3.05) is 43.4 Å². The molecule has 2 aromatic rings. The Kier molecular flexibility index (Phi) is 4.76. The molecular weight excluding hydrogens is 302 g/mol. The van der Waals surface area contributed by atoms with Crippen molar-refractivity contribution in [3.8, 4) is 0 Å². The molecule has 6 nitrogen and oxygen atoms in total. The number of carbonyl (C=O) groups excluding carboxylic acids is 1. The van der Waals surface area contributed by atoms with Crippen molar-refractivity contribution in [1.82, 2.24) is 14.9 Å². The summed E-state index contributed by atoms with van der Waals surface area (Å²) in [5.74, 6) is 0.602. The Morgan fingerprint density at radius 1 is 1.08 bits per heavy atom. The van der Waals surface area contributed by atoms with Gasteiger partial charge in [-0.2, -0.15) is 0 Å². The quantitative estimate of drug-likeness (QED) is 0.936. The van der Waals surface area contributed by atoms with Crippen molar-refractivity contribution in [1.29, 1.82) is 0 Å².